The van der Waals surface area contributed by atoms with E-state index in [0.717, 1.165) is 17.9 Å². The van der Waals surface area contributed by atoms with Gasteiger partial charge in [0.1, 0.15) is 11.5 Å². The number of aliphatic hydroxyl groups is 1. The molecule has 96 valence electrons. The molecule has 0 saturated carbocycles. The molecule has 0 bridgehead atoms. The van der Waals surface area contributed by atoms with E-state index in [-0.39, 0.29) is 6.61 Å². The number of methoxy groups -OCH3 is 1. The van der Waals surface area contributed by atoms with E-state index >= 15 is 0 Å². The maximum atomic E-state index is 8.62. The molecule has 0 radical (unpaired) electrons. The van der Waals surface area contributed by atoms with Crippen LogP contribution in [0.15, 0.2) is 24.3 Å². The van der Waals surface area contributed by atoms with Crippen LogP contribution in [-0.2, 0) is 4.74 Å². The van der Waals surface area contributed by atoms with Crippen molar-refractivity contribution in [3.05, 3.63) is 24.3 Å². The molecule has 0 fully saturated rings. The molecule has 0 aliphatic rings. The first-order valence-corrected chi connectivity index (χ1v) is 5.82. The van der Waals surface area contributed by atoms with Crippen molar-refractivity contribution in [1.82, 2.24) is 0 Å². The maximum Gasteiger partial charge on any atom is 0.119 e. The van der Waals surface area contributed by atoms with Crippen LogP contribution in [-0.4, -0.2) is 38.6 Å². The van der Waals surface area contributed by atoms with E-state index in [2.05, 4.69) is 0 Å². The highest BCUT2D eigenvalue weighted by atomic mass is 16.5. The zero-order valence-corrected chi connectivity index (χ0v) is 10.2. The number of rotatable bonds is 9. The predicted octanol–water partition coefficient (Wildman–Crippen LogP) is 1.86. The van der Waals surface area contributed by atoms with Crippen LogP contribution in [0.3, 0.4) is 0 Å². The van der Waals surface area contributed by atoms with Gasteiger partial charge in [-0.05, 0) is 24.3 Å². The Morgan fingerprint density at radius 3 is 1.88 bits per heavy atom. The molecule has 1 rings (SSSR count). The van der Waals surface area contributed by atoms with Crippen LogP contribution in [0, 0.1) is 0 Å². The average molecular weight is 240 g/mol. The van der Waals surface area contributed by atoms with Crippen molar-refractivity contribution in [2.75, 3.05) is 33.5 Å². The van der Waals surface area contributed by atoms with Crippen LogP contribution in [0.5, 0.6) is 11.5 Å². The summed E-state index contributed by atoms with van der Waals surface area (Å²) in [6.45, 7) is 2.05. The summed E-state index contributed by atoms with van der Waals surface area (Å²) in [4.78, 5) is 0. The molecular formula is C13H20O4. The summed E-state index contributed by atoms with van der Waals surface area (Å²) in [6, 6.07) is 7.48. The molecule has 0 amide bonds. The summed E-state index contributed by atoms with van der Waals surface area (Å²) in [5.74, 6) is 1.62. The van der Waals surface area contributed by atoms with Crippen LogP contribution < -0.4 is 9.47 Å². The number of aliphatic hydroxyl groups excluding tert-OH is 1. The fraction of sp³-hybridized carbons (Fsp3) is 0.538. The van der Waals surface area contributed by atoms with E-state index in [0.29, 0.717) is 26.2 Å². The molecule has 0 aromatic heterocycles. The second-order valence-electron chi connectivity index (χ2n) is 3.59. The second kappa shape index (κ2) is 8.84. The van der Waals surface area contributed by atoms with E-state index < -0.39 is 0 Å². The van der Waals surface area contributed by atoms with Gasteiger partial charge < -0.3 is 19.3 Å². The van der Waals surface area contributed by atoms with Gasteiger partial charge in [-0.15, -0.1) is 0 Å². The Labute approximate surface area is 102 Å². The lowest BCUT2D eigenvalue weighted by Crippen LogP contribution is -2.02. The van der Waals surface area contributed by atoms with Gasteiger partial charge in [0.25, 0.3) is 0 Å². The van der Waals surface area contributed by atoms with Gasteiger partial charge in [-0.2, -0.15) is 0 Å². The van der Waals surface area contributed by atoms with Crippen molar-refractivity contribution in [2.24, 2.45) is 0 Å². The van der Waals surface area contributed by atoms with E-state index in [4.69, 9.17) is 19.3 Å². The van der Waals surface area contributed by atoms with Crippen LogP contribution in [0.25, 0.3) is 0 Å². The van der Waals surface area contributed by atoms with Gasteiger partial charge in [-0.1, -0.05) is 0 Å². The topological polar surface area (TPSA) is 47.9 Å². The van der Waals surface area contributed by atoms with Crippen LogP contribution in [0.2, 0.25) is 0 Å². The Morgan fingerprint density at radius 1 is 0.882 bits per heavy atom. The molecule has 1 aromatic carbocycles. The number of hydrogen-bond acceptors (Lipinski definition) is 4. The third kappa shape index (κ3) is 6.14. The van der Waals surface area contributed by atoms with Crippen LogP contribution in [0.4, 0.5) is 0 Å². The zero-order chi connectivity index (χ0) is 12.3. The molecule has 0 atom stereocenters. The largest absolute Gasteiger partial charge is 0.494 e. The molecule has 0 heterocycles. The Hall–Kier alpha value is -1.26. The third-order valence-corrected chi connectivity index (χ3v) is 2.16. The van der Waals surface area contributed by atoms with Crippen molar-refractivity contribution in [2.45, 2.75) is 12.8 Å². The summed E-state index contributed by atoms with van der Waals surface area (Å²) >= 11 is 0. The Bertz CT molecular complexity index is 284. The summed E-state index contributed by atoms with van der Waals surface area (Å²) in [6.07, 6.45) is 1.53. The molecule has 4 heteroatoms. The first-order chi connectivity index (χ1) is 8.36. The Morgan fingerprint density at radius 2 is 1.41 bits per heavy atom. The van der Waals surface area contributed by atoms with E-state index in [1.165, 1.54) is 0 Å². The normalized spacial score (nSPS) is 10.2. The van der Waals surface area contributed by atoms with E-state index in [1.807, 2.05) is 24.3 Å². The molecule has 17 heavy (non-hydrogen) atoms. The highest BCUT2D eigenvalue weighted by Gasteiger charge is 1.96. The molecule has 4 nitrogen and oxygen atoms in total. The Kier molecular flexibility index (Phi) is 7.18. The SMILES string of the molecule is COCCCOc1ccc(OCCCO)cc1. The molecule has 0 unspecified atom stereocenters. The van der Waals surface area contributed by atoms with Gasteiger partial charge in [0, 0.05) is 33.2 Å². The smallest absolute Gasteiger partial charge is 0.119 e. The van der Waals surface area contributed by atoms with Crippen molar-refractivity contribution < 1.29 is 19.3 Å². The Balaban J connectivity index is 2.24. The molecule has 1 N–H and O–H groups in total. The number of hydrogen-bond donors (Lipinski definition) is 1. The van der Waals surface area contributed by atoms with Gasteiger partial charge in [0.05, 0.1) is 13.2 Å². The second-order valence-corrected chi connectivity index (χ2v) is 3.59. The van der Waals surface area contributed by atoms with Crippen molar-refractivity contribution >= 4 is 0 Å². The number of ether oxygens (including phenoxy) is 3. The fourth-order valence-electron chi connectivity index (χ4n) is 1.28. The molecule has 0 spiro atoms. The lowest BCUT2D eigenvalue weighted by atomic mass is 10.3. The maximum absolute atomic E-state index is 8.62. The van der Waals surface area contributed by atoms with Crippen molar-refractivity contribution in [1.29, 1.82) is 0 Å². The van der Waals surface area contributed by atoms with Gasteiger partial charge in [-0.25, -0.2) is 0 Å². The third-order valence-electron chi connectivity index (χ3n) is 2.16. The standard InChI is InChI=1S/C13H20O4/c1-15-9-3-11-17-13-6-4-12(5-7-13)16-10-2-8-14/h4-7,14H,2-3,8-11H2,1H3. The van der Waals surface area contributed by atoms with Crippen LogP contribution >= 0.6 is 0 Å². The minimum absolute atomic E-state index is 0.153. The molecular weight excluding hydrogens is 220 g/mol. The highest BCUT2D eigenvalue weighted by molar-refractivity contribution is 5.31. The summed E-state index contributed by atoms with van der Waals surface area (Å²) in [5, 5.41) is 8.62. The van der Waals surface area contributed by atoms with Crippen molar-refractivity contribution in [3.8, 4) is 11.5 Å². The molecule has 0 saturated heterocycles. The van der Waals surface area contributed by atoms with Gasteiger partial charge in [0.2, 0.25) is 0 Å². The van der Waals surface area contributed by atoms with Gasteiger partial charge in [-0.3, -0.25) is 0 Å². The minimum atomic E-state index is 0.153. The van der Waals surface area contributed by atoms with E-state index in [1.54, 1.807) is 7.11 Å². The first-order valence-electron chi connectivity index (χ1n) is 5.82. The predicted molar refractivity (Wildman–Crippen MR) is 65.6 cm³/mol. The zero-order valence-electron chi connectivity index (χ0n) is 10.2. The molecule has 1 aromatic rings. The lowest BCUT2D eigenvalue weighted by molar-refractivity contribution is 0.172. The first kappa shape index (κ1) is 13.8. The quantitative estimate of drug-likeness (QED) is 0.669. The molecule has 0 aliphatic heterocycles. The summed E-state index contributed by atoms with van der Waals surface area (Å²) in [7, 11) is 1.68. The lowest BCUT2D eigenvalue weighted by Gasteiger charge is -2.08. The number of benzene rings is 1. The van der Waals surface area contributed by atoms with Gasteiger partial charge >= 0.3 is 0 Å². The summed E-state index contributed by atoms with van der Waals surface area (Å²) in [5.41, 5.74) is 0. The highest BCUT2D eigenvalue weighted by Crippen LogP contribution is 2.17. The average Bonchev–Trinajstić information content (AvgIpc) is 2.37. The van der Waals surface area contributed by atoms with Crippen molar-refractivity contribution in [3.63, 3.8) is 0 Å². The molecule has 0 aliphatic carbocycles. The van der Waals surface area contributed by atoms with Gasteiger partial charge in [0.15, 0.2) is 0 Å². The minimum Gasteiger partial charge on any atom is -0.494 e. The summed E-state index contributed by atoms with van der Waals surface area (Å²) < 4.78 is 15.9. The van der Waals surface area contributed by atoms with Crippen LogP contribution in [0.1, 0.15) is 12.8 Å². The monoisotopic (exact) mass is 240 g/mol. The van der Waals surface area contributed by atoms with E-state index in [9.17, 15) is 0 Å². The fourth-order valence-corrected chi connectivity index (χ4v) is 1.28.